The average Bonchev–Trinajstić information content (AvgIpc) is 3.17. The van der Waals surface area contributed by atoms with Gasteiger partial charge < -0.3 is 4.90 Å². The van der Waals surface area contributed by atoms with Crippen LogP contribution in [0.1, 0.15) is 17.8 Å². The zero-order valence-corrected chi connectivity index (χ0v) is 15.4. The second kappa shape index (κ2) is 7.37. The second-order valence-electron chi connectivity index (χ2n) is 6.99. The number of hydrogen-bond donors (Lipinski definition) is 1. The minimum atomic E-state index is -0.105. The van der Waals surface area contributed by atoms with Crippen molar-refractivity contribution < 1.29 is 0 Å². The summed E-state index contributed by atoms with van der Waals surface area (Å²) in [5.41, 5.74) is 1.93. The van der Waals surface area contributed by atoms with Crippen LogP contribution in [0.2, 0.25) is 0 Å². The van der Waals surface area contributed by atoms with E-state index in [2.05, 4.69) is 38.0 Å². The summed E-state index contributed by atoms with van der Waals surface area (Å²) in [5.74, 6) is 0.597. The van der Waals surface area contributed by atoms with Crippen LogP contribution in [-0.2, 0) is 20.1 Å². The normalized spacial score (nSPS) is 18.2. The molecule has 1 aliphatic heterocycles. The maximum absolute atomic E-state index is 11.8. The van der Waals surface area contributed by atoms with E-state index in [0.717, 1.165) is 31.7 Å². The molecular weight excluding hydrogens is 318 g/mol. The Kier molecular flexibility index (Phi) is 5.19. The van der Waals surface area contributed by atoms with Gasteiger partial charge in [-0.3, -0.25) is 24.3 Å². The van der Waals surface area contributed by atoms with E-state index in [0.29, 0.717) is 18.5 Å². The largest absolute Gasteiger partial charge is 0.348 e. The molecule has 1 atom stereocenters. The third-order valence-electron chi connectivity index (χ3n) is 4.80. The quantitative estimate of drug-likeness (QED) is 0.810. The summed E-state index contributed by atoms with van der Waals surface area (Å²) in [7, 11) is 7.84. The molecule has 0 saturated carbocycles. The summed E-state index contributed by atoms with van der Waals surface area (Å²) in [6.07, 6.45) is 2.97. The Bertz CT molecular complexity index is 766. The molecule has 2 aromatic heterocycles. The van der Waals surface area contributed by atoms with Gasteiger partial charge in [-0.1, -0.05) is 0 Å². The first kappa shape index (κ1) is 17.6. The highest BCUT2D eigenvalue weighted by atomic mass is 16.1. The number of nitrogens with zero attached hydrogens (tertiary/aromatic N) is 6. The van der Waals surface area contributed by atoms with E-state index in [-0.39, 0.29) is 5.56 Å². The van der Waals surface area contributed by atoms with Crippen LogP contribution in [0, 0.1) is 0 Å². The Morgan fingerprint density at radius 3 is 2.84 bits per heavy atom. The summed E-state index contributed by atoms with van der Waals surface area (Å²) >= 11 is 0. The van der Waals surface area contributed by atoms with Crippen molar-refractivity contribution >= 4 is 5.95 Å². The van der Waals surface area contributed by atoms with Gasteiger partial charge in [0.2, 0.25) is 5.95 Å². The third-order valence-corrected chi connectivity index (χ3v) is 4.80. The maximum Gasteiger partial charge on any atom is 0.252 e. The van der Waals surface area contributed by atoms with E-state index in [4.69, 9.17) is 0 Å². The number of likely N-dealkylation sites (tertiary alicyclic amines) is 1. The van der Waals surface area contributed by atoms with Crippen molar-refractivity contribution in [3.8, 4) is 0 Å². The minimum Gasteiger partial charge on any atom is -0.348 e. The molecule has 0 amide bonds. The number of likely N-dealkylation sites (N-methyl/N-ethyl adjacent to an activating group) is 1. The van der Waals surface area contributed by atoms with Crippen LogP contribution >= 0.6 is 0 Å². The topological polar surface area (TPSA) is 73.3 Å². The van der Waals surface area contributed by atoms with E-state index in [1.807, 2.05) is 36.9 Å². The zero-order chi connectivity index (χ0) is 18.0. The van der Waals surface area contributed by atoms with Crippen molar-refractivity contribution in [2.24, 2.45) is 7.05 Å². The van der Waals surface area contributed by atoms with E-state index >= 15 is 0 Å². The highest BCUT2D eigenvalue weighted by Gasteiger charge is 2.26. The van der Waals surface area contributed by atoms with Crippen molar-refractivity contribution in [2.45, 2.75) is 25.6 Å². The number of nitrogens with one attached hydrogen (secondary N) is 1. The van der Waals surface area contributed by atoms with Gasteiger partial charge in [0.05, 0.1) is 11.4 Å². The molecule has 1 N–H and O–H groups in total. The van der Waals surface area contributed by atoms with Gasteiger partial charge in [0.1, 0.15) is 0 Å². The Labute approximate surface area is 148 Å². The molecule has 0 bridgehead atoms. The number of H-pyrrole nitrogens is 1. The number of aryl methyl sites for hydroxylation is 1. The number of anilines is 1. The molecular formula is C17H27N7O. The number of aromatic nitrogens is 4. The molecule has 136 valence electrons. The smallest absolute Gasteiger partial charge is 0.252 e. The van der Waals surface area contributed by atoms with Gasteiger partial charge in [0.25, 0.3) is 5.56 Å². The zero-order valence-electron chi connectivity index (χ0n) is 15.4. The van der Waals surface area contributed by atoms with Crippen LogP contribution in [0.4, 0.5) is 5.95 Å². The molecule has 3 rings (SSSR count). The molecule has 1 fully saturated rings. The van der Waals surface area contributed by atoms with Gasteiger partial charge in [0, 0.05) is 65.6 Å². The van der Waals surface area contributed by atoms with Gasteiger partial charge >= 0.3 is 0 Å². The van der Waals surface area contributed by atoms with Crippen molar-refractivity contribution in [3.63, 3.8) is 0 Å². The number of hydrogen-bond acceptors (Lipinski definition) is 6. The Hall–Kier alpha value is -2.19. The standard InChI is InChI=1S/C17H27N7O/c1-21(2)17-19-13(9-16(25)20-17)10-22(3)14-6-8-24(11-14)12-15-5-7-18-23(15)4/h5,7,9,14H,6,8,10-12H2,1-4H3,(H,19,20,25)/t14-/m0/s1. The molecule has 0 aromatic carbocycles. The molecule has 0 aliphatic carbocycles. The summed E-state index contributed by atoms with van der Waals surface area (Å²) < 4.78 is 1.93. The summed E-state index contributed by atoms with van der Waals surface area (Å²) in [5, 5.41) is 4.23. The summed E-state index contributed by atoms with van der Waals surface area (Å²) in [6.45, 7) is 3.70. The van der Waals surface area contributed by atoms with Gasteiger partial charge in [0.15, 0.2) is 0 Å². The van der Waals surface area contributed by atoms with Crippen molar-refractivity contribution in [1.82, 2.24) is 29.5 Å². The van der Waals surface area contributed by atoms with E-state index in [1.165, 1.54) is 5.69 Å². The Morgan fingerprint density at radius 2 is 2.16 bits per heavy atom. The van der Waals surface area contributed by atoms with E-state index in [1.54, 1.807) is 6.07 Å². The molecule has 1 aliphatic rings. The first-order chi connectivity index (χ1) is 11.9. The van der Waals surface area contributed by atoms with E-state index in [9.17, 15) is 4.79 Å². The molecule has 3 heterocycles. The first-order valence-electron chi connectivity index (χ1n) is 8.59. The van der Waals surface area contributed by atoms with Gasteiger partial charge in [-0.15, -0.1) is 0 Å². The van der Waals surface area contributed by atoms with Crippen molar-refractivity contribution in [1.29, 1.82) is 0 Å². The Balaban J connectivity index is 1.60. The minimum absolute atomic E-state index is 0.105. The molecule has 8 heteroatoms. The molecule has 0 radical (unpaired) electrons. The van der Waals surface area contributed by atoms with Gasteiger partial charge in [-0.2, -0.15) is 5.10 Å². The third kappa shape index (κ3) is 4.26. The molecule has 25 heavy (non-hydrogen) atoms. The van der Waals surface area contributed by atoms with Crippen LogP contribution < -0.4 is 10.5 Å². The van der Waals surface area contributed by atoms with Gasteiger partial charge in [-0.25, -0.2) is 4.98 Å². The average molecular weight is 345 g/mol. The molecule has 0 spiro atoms. The first-order valence-corrected chi connectivity index (χ1v) is 8.59. The van der Waals surface area contributed by atoms with Crippen molar-refractivity contribution in [2.75, 3.05) is 39.1 Å². The fourth-order valence-corrected chi connectivity index (χ4v) is 3.27. The molecule has 8 nitrogen and oxygen atoms in total. The van der Waals surface area contributed by atoms with Crippen LogP contribution in [0.25, 0.3) is 0 Å². The molecule has 2 aromatic rings. The lowest BCUT2D eigenvalue weighted by Crippen LogP contribution is -2.35. The monoisotopic (exact) mass is 345 g/mol. The van der Waals surface area contributed by atoms with Crippen LogP contribution in [0.15, 0.2) is 23.1 Å². The second-order valence-corrected chi connectivity index (χ2v) is 6.99. The Morgan fingerprint density at radius 1 is 1.36 bits per heavy atom. The number of aromatic amines is 1. The highest BCUT2D eigenvalue weighted by molar-refractivity contribution is 5.27. The predicted molar refractivity (Wildman–Crippen MR) is 97.5 cm³/mol. The lowest BCUT2D eigenvalue weighted by atomic mass is 10.2. The lowest BCUT2D eigenvalue weighted by molar-refractivity contribution is 0.219. The van der Waals surface area contributed by atoms with Gasteiger partial charge in [-0.05, 0) is 19.5 Å². The fraction of sp³-hybridized carbons (Fsp3) is 0.588. The molecule has 0 unspecified atom stereocenters. The van der Waals surface area contributed by atoms with E-state index < -0.39 is 0 Å². The highest BCUT2D eigenvalue weighted by Crippen LogP contribution is 2.18. The molecule has 1 saturated heterocycles. The van der Waals surface area contributed by atoms with Crippen LogP contribution in [0.5, 0.6) is 0 Å². The van der Waals surface area contributed by atoms with Crippen LogP contribution in [-0.4, -0.2) is 69.8 Å². The predicted octanol–water partition coefficient (Wildman–Crippen LogP) is 0.276. The summed E-state index contributed by atoms with van der Waals surface area (Å²) in [4.78, 5) is 25.7. The SMILES string of the molecule is CN(C)c1nc(CN(C)[C@H]2CCN(Cc3ccnn3C)C2)cc(=O)[nH]1. The number of rotatable bonds is 6. The lowest BCUT2D eigenvalue weighted by Gasteiger charge is -2.24. The summed E-state index contributed by atoms with van der Waals surface area (Å²) in [6, 6.07) is 4.13. The fourth-order valence-electron chi connectivity index (χ4n) is 3.27. The van der Waals surface area contributed by atoms with Crippen LogP contribution in [0.3, 0.4) is 0 Å². The van der Waals surface area contributed by atoms with Crippen molar-refractivity contribution in [3.05, 3.63) is 40.1 Å². The maximum atomic E-state index is 11.8.